The molecule has 0 spiro atoms. The molecule has 2 aliphatic rings. The van der Waals surface area contributed by atoms with Gasteiger partial charge in [0.25, 0.3) is 10.7 Å². The van der Waals surface area contributed by atoms with Crippen molar-refractivity contribution in [3.05, 3.63) is 63.4 Å². The van der Waals surface area contributed by atoms with E-state index >= 15 is 4.39 Å². The maximum Gasteiger partial charge on any atom is 0.459 e. The Balaban J connectivity index is 1.56. The molecule has 37 heavy (non-hydrogen) atoms. The first-order valence-electron chi connectivity index (χ1n) is 11.4. The van der Waals surface area contributed by atoms with Crippen molar-refractivity contribution in [2.75, 3.05) is 0 Å². The molecule has 3 N–H and O–H groups in total. The highest BCUT2D eigenvalue weighted by Crippen LogP contribution is 2.67. The average Bonchev–Trinajstić information content (AvgIpc) is 3.32. The molecule has 202 valence electrons. The molecule has 2 heterocycles. The summed E-state index contributed by atoms with van der Waals surface area (Å²) < 4.78 is 51.8. The van der Waals surface area contributed by atoms with E-state index in [1.807, 2.05) is 11.9 Å². The molecule has 0 amide bonds. The summed E-state index contributed by atoms with van der Waals surface area (Å²) >= 11 is 6.03. The van der Waals surface area contributed by atoms with Gasteiger partial charge in [0.05, 0.1) is 6.10 Å². The zero-order valence-electron chi connectivity index (χ0n) is 20.0. The second-order valence-electron chi connectivity index (χ2n) is 8.81. The van der Waals surface area contributed by atoms with Gasteiger partial charge in [0.1, 0.15) is 24.0 Å². The molecule has 2 fully saturated rings. The van der Waals surface area contributed by atoms with Gasteiger partial charge in [0.15, 0.2) is 11.8 Å². The molecular weight excluding hydrogens is 536 g/mol. The Hall–Kier alpha value is -2.54. The molecule has 1 aliphatic heterocycles. The zero-order valence-corrected chi connectivity index (χ0v) is 21.6. The SMILES string of the molecule is CC[C@@H](C)OC(=O)[C@H](C)NP(=O)(Oc1ccccc1)OC1[C@H]2O[C@@H](n3ccc(=O)[nH]c3=O)[C@@](F)(Cl)[C@@]12O. The molecule has 0 bridgehead atoms. The van der Waals surface area contributed by atoms with Crippen molar-refractivity contribution >= 4 is 25.3 Å². The Bertz CT molecular complexity index is 1320. The monoisotopic (exact) mass is 561 g/mol. The number of nitrogens with zero attached hydrogens (tertiary/aromatic N) is 1. The van der Waals surface area contributed by atoms with Gasteiger partial charge in [-0.25, -0.2) is 13.8 Å². The molecule has 12 nitrogen and oxygen atoms in total. The third-order valence-electron chi connectivity index (χ3n) is 6.08. The number of rotatable bonds is 10. The van der Waals surface area contributed by atoms with Crippen LogP contribution in [0.3, 0.4) is 0 Å². The lowest BCUT2D eigenvalue weighted by Gasteiger charge is -2.30. The predicted molar refractivity (Wildman–Crippen MR) is 128 cm³/mol. The Labute approximate surface area is 215 Å². The smallest absolute Gasteiger partial charge is 0.459 e. The first kappa shape index (κ1) is 27.5. The number of H-pyrrole nitrogens is 1. The summed E-state index contributed by atoms with van der Waals surface area (Å²) in [5.74, 6) is -0.648. The Morgan fingerprint density at radius 2 is 2.00 bits per heavy atom. The lowest BCUT2D eigenvalue weighted by atomic mass is 10.1. The van der Waals surface area contributed by atoms with E-state index in [0.29, 0.717) is 11.0 Å². The number of esters is 1. The van der Waals surface area contributed by atoms with Crippen molar-refractivity contribution < 1.29 is 37.4 Å². The number of hydrogen-bond donors (Lipinski definition) is 3. The van der Waals surface area contributed by atoms with Crippen molar-refractivity contribution in [3.63, 3.8) is 0 Å². The fraction of sp³-hybridized carbons (Fsp3) is 0.500. The summed E-state index contributed by atoms with van der Waals surface area (Å²) in [4.78, 5) is 37.8. The van der Waals surface area contributed by atoms with Crippen LogP contribution in [0.15, 0.2) is 52.2 Å². The van der Waals surface area contributed by atoms with E-state index in [1.165, 1.54) is 19.1 Å². The highest BCUT2D eigenvalue weighted by Gasteiger charge is 2.87. The van der Waals surface area contributed by atoms with Gasteiger partial charge in [-0.3, -0.25) is 23.7 Å². The van der Waals surface area contributed by atoms with Gasteiger partial charge in [0.2, 0.25) is 0 Å². The van der Waals surface area contributed by atoms with Crippen LogP contribution in [-0.2, 0) is 23.4 Å². The predicted octanol–water partition coefficient (Wildman–Crippen LogP) is 1.98. The minimum atomic E-state index is -4.49. The first-order chi connectivity index (χ1) is 17.3. The maximum atomic E-state index is 15.7. The van der Waals surface area contributed by atoms with Crippen molar-refractivity contribution in [1.29, 1.82) is 0 Å². The van der Waals surface area contributed by atoms with Gasteiger partial charge in [-0.2, -0.15) is 5.09 Å². The van der Waals surface area contributed by atoms with Gasteiger partial charge < -0.3 is 19.1 Å². The Morgan fingerprint density at radius 3 is 2.57 bits per heavy atom. The summed E-state index contributed by atoms with van der Waals surface area (Å²) in [7, 11) is -4.49. The molecular formula is C22H26ClFN3O9P. The highest BCUT2D eigenvalue weighted by molar-refractivity contribution is 7.52. The number of para-hydroxylation sites is 1. The fourth-order valence-electron chi connectivity index (χ4n) is 3.80. The molecule has 1 saturated heterocycles. The number of nitrogens with one attached hydrogen (secondary N) is 2. The number of alkyl halides is 2. The molecule has 1 saturated carbocycles. The number of halogens is 2. The van der Waals surface area contributed by atoms with Crippen LogP contribution in [0, 0.1) is 0 Å². The van der Waals surface area contributed by atoms with Crippen LogP contribution in [0.2, 0.25) is 0 Å². The quantitative estimate of drug-likeness (QED) is 0.222. The molecule has 2 unspecified atom stereocenters. The van der Waals surface area contributed by atoms with E-state index in [-0.39, 0.29) is 5.75 Å². The standard InChI is InChI=1S/C22H26ClFN3O9P/c1-4-12(2)33-18(29)13(3)26-37(32,35-14-8-6-5-7-9-14)36-17-16-21(17,31)22(23,24)19(34-16)27-11-10-15(28)25-20(27)30/h5-13,16-17,19,31H,4H2,1-3H3,(H,26,32)(H,25,28,30)/t12-,13+,16-,17?,19-,21+,22+,37?/m1/s1. The van der Waals surface area contributed by atoms with E-state index in [4.69, 9.17) is 30.1 Å². The number of aromatic amines is 1. The van der Waals surface area contributed by atoms with Gasteiger partial charge >= 0.3 is 19.4 Å². The summed E-state index contributed by atoms with van der Waals surface area (Å²) in [5.41, 5.74) is -4.29. The second-order valence-corrected chi connectivity index (χ2v) is 11.0. The van der Waals surface area contributed by atoms with Crippen LogP contribution < -0.4 is 20.9 Å². The van der Waals surface area contributed by atoms with Crippen LogP contribution >= 0.6 is 19.3 Å². The topological polar surface area (TPSA) is 158 Å². The summed E-state index contributed by atoms with van der Waals surface area (Å²) in [6, 6.07) is 7.59. The Kier molecular flexibility index (Phi) is 7.41. The summed E-state index contributed by atoms with van der Waals surface area (Å²) in [6.07, 6.45) is -3.79. The van der Waals surface area contributed by atoms with Crippen LogP contribution in [0.25, 0.3) is 0 Å². The number of fused-ring (bicyclic) bond motifs is 1. The number of aromatic nitrogens is 2. The van der Waals surface area contributed by atoms with E-state index in [2.05, 4.69) is 5.09 Å². The van der Waals surface area contributed by atoms with Crippen molar-refractivity contribution in [2.45, 2.75) is 68.5 Å². The largest absolute Gasteiger partial charge is 0.462 e. The van der Waals surface area contributed by atoms with Crippen LogP contribution in [-0.4, -0.2) is 55.7 Å². The lowest BCUT2D eigenvalue weighted by molar-refractivity contribution is -0.150. The van der Waals surface area contributed by atoms with E-state index in [9.17, 15) is 24.1 Å². The zero-order chi connectivity index (χ0) is 27.2. The second kappa shape index (κ2) is 9.97. The third-order valence-corrected chi connectivity index (χ3v) is 8.22. The fourth-order valence-corrected chi connectivity index (χ4v) is 5.88. The minimum absolute atomic E-state index is 0.0922. The maximum absolute atomic E-state index is 15.7. The number of benzene rings is 1. The summed E-state index contributed by atoms with van der Waals surface area (Å²) in [5, 5.41) is 10.3. The molecule has 1 aromatic heterocycles. The molecule has 2 aromatic rings. The molecule has 1 aromatic carbocycles. The van der Waals surface area contributed by atoms with E-state index < -0.39 is 66.3 Å². The summed E-state index contributed by atoms with van der Waals surface area (Å²) in [6.45, 7) is 4.87. The lowest BCUT2D eigenvalue weighted by Crippen LogP contribution is -2.47. The van der Waals surface area contributed by atoms with Crippen LogP contribution in [0.4, 0.5) is 4.39 Å². The van der Waals surface area contributed by atoms with E-state index in [0.717, 1.165) is 12.3 Å². The molecule has 1 aliphatic carbocycles. The van der Waals surface area contributed by atoms with Gasteiger partial charge in [-0.05, 0) is 32.4 Å². The first-order valence-corrected chi connectivity index (χ1v) is 13.3. The van der Waals surface area contributed by atoms with Crippen LogP contribution in [0.5, 0.6) is 5.75 Å². The van der Waals surface area contributed by atoms with Crippen molar-refractivity contribution in [1.82, 2.24) is 14.6 Å². The van der Waals surface area contributed by atoms with Crippen molar-refractivity contribution in [3.8, 4) is 5.75 Å². The molecule has 8 atom stereocenters. The van der Waals surface area contributed by atoms with Crippen molar-refractivity contribution in [2.24, 2.45) is 0 Å². The molecule has 0 radical (unpaired) electrons. The highest BCUT2D eigenvalue weighted by atomic mass is 35.5. The average molecular weight is 562 g/mol. The number of carbonyl (C=O) groups excluding carboxylic acids is 1. The number of carbonyl (C=O) groups is 1. The van der Waals surface area contributed by atoms with Gasteiger partial charge in [-0.15, -0.1) is 0 Å². The Morgan fingerprint density at radius 1 is 1.32 bits per heavy atom. The van der Waals surface area contributed by atoms with Gasteiger partial charge in [0, 0.05) is 12.3 Å². The number of hydrogen-bond acceptors (Lipinski definition) is 9. The van der Waals surface area contributed by atoms with Crippen LogP contribution in [0.1, 0.15) is 33.4 Å². The third kappa shape index (κ3) is 5.12. The minimum Gasteiger partial charge on any atom is -0.462 e. The number of ether oxygens (including phenoxy) is 2. The normalized spacial score (nSPS) is 31.6. The number of aliphatic hydroxyl groups is 1. The molecule has 4 rings (SSSR count). The molecule has 15 heteroatoms. The van der Waals surface area contributed by atoms with E-state index in [1.54, 1.807) is 25.1 Å². The van der Waals surface area contributed by atoms with Gasteiger partial charge in [-0.1, -0.05) is 36.7 Å².